The molecule has 0 saturated carbocycles. The van der Waals surface area contributed by atoms with Gasteiger partial charge in [-0.3, -0.25) is 29.8 Å². The number of anilines is 2. The van der Waals surface area contributed by atoms with E-state index >= 15 is 0 Å². The van der Waals surface area contributed by atoms with Crippen LogP contribution in [0.15, 0.2) is 71.2 Å². The summed E-state index contributed by atoms with van der Waals surface area (Å²) in [6.07, 6.45) is 0. The molecule has 0 bridgehead atoms. The third-order valence-electron chi connectivity index (χ3n) is 4.07. The molecule has 0 heterocycles. The van der Waals surface area contributed by atoms with Gasteiger partial charge < -0.3 is 10.6 Å². The number of carbonyl (C=O) groups is 2. The molecule has 0 atom stereocenters. The molecule has 10 nitrogen and oxygen atoms in total. The lowest BCUT2D eigenvalue weighted by atomic mass is 10.1. The number of nitro benzene ring substituents is 2. The third kappa shape index (κ3) is 5.48. The molecular weight excluding hydrogens is 472 g/mol. The summed E-state index contributed by atoms with van der Waals surface area (Å²) in [6.45, 7) is 0. The lowest BCUT2D eigenvalue weighted by Gasteiger charge is -2.08. The molecule has 0 saturated heterocycles. The zero-order valence-corrected chi connectivity index (χ0v) is 17.2. The van der Waals surface area contributed by atoms with Crippen molar-refractivity contribution in [2.75, 3.05) is 10.6 Å². The highest BCUT2D eigenvalue weighted by Crippen LogP contribution is 2.24. The van der Waals surface area contributed by atoms with Crippen molar-refractivity contribution in [3.05, 3.63) is 103 Å². The van der Waals surface area contributed by atoms with E-state index in [9.17, 15) is 29.8 Å². The van der Waals surface area contributed by atoms with Crippen molar-refractivity contribution in [2.24, 2.45) is 0 Å². The molecule has 2 N–H and O–H groups in total. The van der Waals surface area contributed by atoms with Gasteiger partial charge in [-0.2, -0.15) is 0 Å². The average Bonchev–Trinajstić information content (AvgIpc) is 2.74. The van der Waals surface area contributed by atoms with Crippen molar-refractivity contribution >= 4 is 50.5 Å². The highest BCUT2D eigenvalue weighted by Gasteiger charge is 2.20. The number of nitrogens with zero attached hydrogens (tertiary/aromatic N) is 2. The largest absolute Gasteiger partial charge is 0.322 e. The quantitative estimate of drug-likeness (QED) is 0.380. The summed E-state index contributed by atoms with van der Waals surface area (Å²) in [6, 6.07) is 15.7. The van der Waals surface area contributed by atoms with Crippen LogP contribution in [0, 0.1) is 20.2 Å². The van der Waals surface area contributed by atoms with Gasteiger partial charge in [-0.1, -0.05) is 22.0 Å². The highest BCUT2D eigenvalue weighted by atomic mass is 79.9. The molecule has 0 spiro atoms. The molecule has 0 aliphatic heterocycles. The van der Waals surface area contributed by atoms with Crippen molar-refractivity contribution in [3.63, 3.8) is 0 Å². The molecule has 3 aromatic carbocycles. The van der Waals surface area contributed by atoms with Crippen LogP contribution in [0.5, 0.6) is 0 Å². The first-order valence-corrected chi connectivity index (χ1v) is 9.44. The second-order valence-corrected chi connectivity index (χ2v) is 7.16. The van der Waals surface area contributed by atoms with Crippen LogP contribution >= 0.6 is 15.9 Å². The first-order chi connectivity index (χ1) is 14.7. The van der Waals surface area contributed by atoms with Gasteiger partial charge in [0.15, 0.2) is 0 Å². The summed E-state index contributed by atoms with van der Waals surface area (Å²) >= 11 is 3.30. The summed E-state index contributed by atoms with van der Waals surface area (Å²) in [5, 5.41) is 27.2. The maximum Gasteiger partial charge on any atom is 0.277 e. The van der Waals surface area contributed by atoms with Gasteiger partial charge in [-0.15, -0.1) is 0 Å². The van der Waals surface area contributed by atoms with E-state index in [1.165, 1.54) is 12.1 Å². The van der Waals surface area contributed by atoms with E-state index < -0.39 is 27.1 Å². The molecule has 0 radical (unpaired) electrons. The third-order valence-corrected chi connectivity index (χ3v) is 4.57. The molecule has 0 unspecified atom stereocenters. The molecule has 0 fully saturated rings. The van der Waals surface area contributed by atoms with Gasteiger partial charge in [0.1, 0.15) is 0 Å². The standard InChI is InChI=1S/C20H13BrN4O6/c21-14-3-1-2-12(8-14)19(26)22-15-4-6-16(7-5-15)23-20(27)13-9-17(24(28)29)11-18(10-13)25(30)31/h1-11H,(H,22,26)(H,23,27). The van der Waals surface area contributed by atoms with Gasteiger partial charge in [0, 0.05) is 33.5 Å². The Morgan fingerprint density at radius 1 is 0.710 bits per heavy atom. The molecule has 0 aromatic heterocycles. The Bertz CT molecular complexity index is 1160. The smallest absolute Gasteiger partial charge is 0.277 e. The Balaban J connectivity index is 1.72. The molecule has 2 amide bonds. The van der Waals surface area contributed by atoms with Gasteiger partial charge in [-0.05, 0) is 42.5 Å². The number of hydrogen-bond donors (Lipinski definition) is 2. The van der Waals surface area contributed by atoms with Crippen LogP contribution in [0.3, 0.4) is 0 Å². The van der Waals surface area contributed by atoms with Crippen LogP contribution in [-0.4, -0.2) is 21.7 Å². The van der Waals surface area contributed by atoms with E-state index in [-0.39, 0.29) is 11.5 Å². The number of nitrogens with one attached hydrogen (secondary N) is 2. The monoisotopic (exact) mass is 484 g/mol. The van der Waals surface area contributed by atoms with E-state index in [1.807, 2.05) is 0 Å². The van der Waals surface area contributed by atoms with Gasteiger partial charge in [0.05, 0.1) is 21.5 Å². The number of benzene rings is 3. The van der Waals surface area contributed by atoms with Gasteiger partial charge >= 0.3 is 0 Å². The highest BCUT2D eigenvalue weighted by molar-refractivity contribution is 9.10. The second kappa shape index (κ2) is 9.13. The fraction of sp³-hybridized carbons (Fsp3) is 0. The fourth-order valence-electron chi connectivity index (χ4n) is 2.61. The van der Waals surface area contributed by atoms with Crippen LogP contribution in [0.1, 0.15) is 20.7 Å². The normalized spacial score (nSPS) is 10.2. The van der Waals surface area contributed by atoms with E-state index in [1.54, 1.807) is 36.4 Å². The molecule has 3 rings (SSSR count). The van der Waals surface area contributed by atoms with E-state index in [0.717, 1.165) is 22.7 Å². The van der Waals surface area contributed by atoms with Crippen molar-refractivity contribution in [3.8, 4) is 0 Å². The molecule has 31 heavy (non-hydrogen) atoms. The van der Waals surface area contributed by atoms with E-state index in [4.69, 9.17) is 0 Å². The Hall–Kier alpha value is -4.12. The molecular formula is C20H13BrN4O6. The van der Waals surface area contributed by atoms with Crippen LogP contribution < -0.4 is 10.6 Å². The molecule has 3 aromatic rings. The van der Waals surface area contributed by atoms with Crippen LogP contribution in [0.2, 0.25) is 0 Å². The molecule has 0 aliphatic carbocycles. The first-order valence-electron chi connectivity index (χ1n) is 8.65. The lowest BCUT2D eigenvalue weighted by molar-refractivity contribution is -0.394. The van der Waals surface area contributed by atoms with Crippen molar-refractivity contribution in [1.29, 1.82) is 0 Å². The van der Waals surface area contributed by atoms with E-state index in [0.29, 0.717) is 16.9 Å². The predicted molar refractivity (Wildman–Crippen MR) is 116 cm³/mol. The number of non-ortho nitro benzene ring substituents is 2. The minimum Gasteiger partial charge on any atom is -0.322 e. The molecule has 0 aliphatic rings. The number of nitro groups is 2. The van der Waals surface area contributed by atoms with Crippen LogP contribution in [-0.2, 0) is 0 Å². The summed E-state index contributed by atoms with van der Waals surface area (Å²) in [7, 11) is 0. The average molecular weight is 485 g/mol. The van der Waals surface area contributed by atoms with Crippen LogP contribution in [0.4, 0.5) is 22.7 Å². The zero-order chi connectivity index (χ0) is 22.5. The predicted octanol–water partition coefficient (Wildman–Crippen LogP) is 4.77. The number of hydrogen-bond acceptors (Lipinski definition) is 6. The van der Waals surface area contributed by atoms with Crippen molar-refractivity contribution in [1.82, 2.24) is 0 Å². The topological polar surface area (TPSA) is 144 Å². The maximum absolute atomic E-state index is 12.4. The van der Waals surface area contributed by atoms with Crippen molar-refractivity contribution < 1.29 is 19.4 Å². The van der Waals surface area contributed by atoms with Gasteiger partial charge in [0.25, 0.3) is 23.2 Å². The summed E-state index contributed by atoms with van der Waals surface area (Å²) < 4.78 is 0.764. The van der Waals surface area contributed by atoms with Crippen LogP contribution in [0.25, 0.3) is 0 Å². The fourth-order valence-corrected chi connectivity index (χ4v) is 3.01. The second-order valence-electron chi connectivity index (χ2n) is 6.25. The lowest BCUT2D eigenvalue weighted by Crippen LogP contribution is -2.13. The minimum absolute atomic E-state index is 0.229. The maximum atomic E-state index is 12.4. The summed E-state index contributed by atoms with van der Waals surface area (Å²) in [5.41, 5.74) is -0.0875. The van der Waals surface area contributed by atoms with Gasteiger partial charge in [0.2, 0.25) is 0 Å². The summed E-state index contributed by atoms with van der Waals surface area (Å²) in [5.74, 6) is -1.07. The Morgan fingerprint density at radius 3 is 1.65 bits per heavy atom. The SMILES string of the molecule is O=C(Nc1ccc(NC(=O)c2cc([N+](=O)[O-])cc([N+](=O)[O-])c2)cc1)c1cccc(Br)c1. The number of halogens is 1. The van der Waals surface area contributed by atoms with Crippen molar-refractivity contribution in [2.45, 2.75) is 0 Å². The zero-order valence-electron chi connectivity index (χ0n) is 15.6. The minimum atomic E-state index is -0.813. The molecule has 156 valence electrons. The Kier molecular flexibility index (Phi) is 6.36. The number of rotatable bonds is 6. The first kappa shape index (κ1) is 21.6. The Labute approximate surface area is 183 Å². The van der Waals surface area contributed by atoms with Gasteiger partial charge in [-0.25, -0.2) is 0 Å². The number of amides is 2. The Morgan fingerprint density at radius 2 is 1.19 bits per heavy atom. The van der Waals surface area contributed by atoms with E-state index in [2.05, 4.69) is 26.6 Å². The molecule has 11 heteroatoms. The number of carbonyl (C=O) groups excluding carboxylic acids is 2. The summed E-state index contributed by atoms with van der Waals surface area (Å²) in [4.78, 5) is 45.0.